The van der Waals surface area contributed by atoms with E-state index in [0.717, 1.165) is 11.3 Å². The molecule has 1 aliphatic rings. The summed E-state index contributed by atoms with van der Waals surface area (Å²) in [4.78, 5) is 21.4. The predicted molar refractivity (Wildman–Crippen MR) is 61.5 cm³/mol. The van der Waals surface area contributed by atoms with Gasteiger partial charge in [-0.1, -0.05) is 18.5 Å². The Morgan fingerprint density at radius 2 is 2.19 bits per heavy atom. The molecule has 0 atom stereocenters. The minimum Gasteiger partial charge on any atom is -0.338 e. The highest BCUT2D eigenvalue weighted by Gasteiger charge is 2.23. The van der Waals surface area contributed by atoms with E-state index in [4.69, 9.17) is 23.2 Å². The summed E-state index contributed by atoms with van der Waals surface area (Å²) in [5, 5.41) is 0.516. The van der Waals surface area contributed by atoms with Crippen LogP contribution >= 0.6 is 23.2 Å². The van der Waals surface area contributed by atoms with E-state index in [0.29, 0.717) is 31.1 Å². The molecule has 1 amide bonds. The molecule has 0 saturated heterocycles. The highest BCUT2D eigenvalue weighted by Crippen LogP contribution is 2.25. The van der Waals surface area contributed by atoms with E-state index in [1.54, 1.807) is 4.90 Å². The number of hydrogen-bond donors (Lipinski definition) is 0. The van der Waals surface area contributed by atoms with Crippen molar-refractivity contribution in [3.05, 3.63) is 21.7 Å². The molecule has 0 aromatic carbocycles. The Balaban J connectivity index is 2.30. The van der Waals surface area contributed by atoms with Crippen LogP contribution in [0, 0.1) is 0 Å². The number of nitrogens with zero attached hydrogens (tertiary/aromatic N) is 3. The Hall–Kier alpha value is -0.870. The van der Waals surface area contributed by atoms with Gasteiger partial charge in [0.25, 0.3) is 0 Å². The maximum Gasteiger partial charge on any atom is 0.224 e. The number of aromatic nitrogens is 2. The summed E-state index contributed by atoms with van der Waals surface area (Å²) >= 11 is 11.7. The number of fused-ring (bicyclic) bond motifs is 1. The lowest BCUT2D eigenvalue weighted by Crippen LogP contribution is -2.36. The molecule has 0 N–H and O–H groups in total. The lowest BCUT2D eigenvalue weighted by molar-refractivity contribution is -0.131. The molecule has 86 valence electrons. The first-order chi connectivity index (χ1) is 7.61. The molecule has 2 rings (SSSR count). The van der Waals surface area contributed by atoms with Crippen molar-refractivity contribution in [2.75, 3.05) is 6.54 Å². The third kappa shape index (κ3) is 2.13. The van der Waals surface area contributed by atoms with Crippen molar-refractivity contribution in [1.82, 2.24) is 14.9 Å². The van der Waals surface area contributed by atoms with Gasteiger partial charge in [0.2, 0.25) is 11.2 Å². The molecule has 0 fully saturated rings. The summed E-state index contributed by atoms with van der Waals surface area (Å²) in [5.41, 5.74) is 1.67. The van der Waals surface area contributed by atoms with Crippen LogP contribution in [0.1, 0.15) is 24.6 Å². The van der Waals surface area contributed by atoms with Gasteiger partial charge in [-0.05, 0) is 11.6 Å². The van der Waals surface area contributed by atoms with Crippen molar-refractivity contribution in [3.8, 4) is 0 Å². The SMILES string of the molecule is CCC(=O)N1CCc2nc(Cl)nc(Cl)c2C1. The summed E-state index contributed by atoms with van der Waals surface area (Å²) in [6.45, 7) is 3.00. The molecule has 0 unspecified atom stereocenters. The molecule has 2 heterocycles. The van der Waals surface area contributed by atoms with Crippen molar-refractivity contribution in [2.45, 2.75) is 26.3 Å². The highest BCUT2D eigenvalue weighted by atomic mass is 35.5. The monoisotopic (exact) mass is 259 g/mol. The van der Waals surface area contributed by atoms with Crippen molar-refractivity contribution in [1.29, 1.82) is 0 Å². The number of rotatable bonds is 1. The fraction of sp³-hybridized carbons (Fsp3) is 0.500. The average Bonchev–Trinajstić information content (AvgIpc) is 2.27. The smallest absolute Gasteiger partial charge is 0.224 e. The van der Waals surface area contributed by atoms with Crippen LogP contribution in [0.15, 0.2) is 0 Å². The standard InChI is InChI=1S/C10H11Cl2N3O/c1-2-8(16)15-4-3-7-6(5-15)9(11)14-10(12)13-7/h2-5H2,1H3. The van der Waals surface area contributed by atoms with Crippen molar-refractivity contribution >= 4 is 29.1 Å². The van der Waals surface area contributed by atoms with Crippen LogP contribution < -0.4 is 0 Å². The van der Waals surface area contributed by atoms with E-state index in [1.165, 1.54) is 0 Å². The van der Waals surface area contributed by atoms with Crippen LogP contribution in [0.5, 0.6) is 0 Å². The van der Waals surface area contributed by atoms with Gasteiger partial charge in [-0.25, -0.2) is 9.97 Å². The average molecular weight is 260 g/mol. The number of carbonyl (C=O) groups excluding carboxylic acids is 1. The Morgan fingerprint density at radius 3 is 2.88 bits per heavy atom. The van der Waals surface area contributed by atoms with Gasteiger partial charge in [0.15, 0.2) is 0 Å². The molecule has 16 heavy (non-hydrogen) atoms. The number of carbonyl (C=O) groups is 1. The fourth-order valence-electron chi connectivity index (χ4n) is 1.78. The molecule has 0 saturated carbocycles. The predicted octanol–water partition coefficient (Wildman–Crippen LogP) is 2.08. The van der Waals surface area contributed by atoms with Crippen LogP contribution in [0.3, 0.4) is 0 Å². The van der Waals surface area contributed by atoms with Gasteiger partial charge in [-0.3, -0.25) is 4.79 Å². The van der Waals surface area contributed by atoms with E-state index in [2.05, 4.69) is 9.97 Å². The normalized spacial score (nSPS) is 14.8. The van der Waals surface area contributed by atoms with E-state index in [9.17, 15) is 4.79 Å². The summed E-state index contributed by atoms with van der Waals surface area (Å²) in [6, 6.07) is 0. The number of amides is 1. The van der Waals surface area contributed by atoms with E-state index in [1.807, 2.05) is 6.92 Å². The lowest BCUT2D eigenvalue weighted by Gasteiger charge is -2.28. The fourth-order valence-corrected chi connectivity index (χ4v) is 2.26. The van der Waals surface area contributed by atoms with Crippen molar-refractivity contribution in [2.24, 2.45) is 0 Å². The third-order valence-corrected chi connectivity index (χ3v) is 3.12. The molecule has 6 heteroatoms. The van der Waals surface area contributed by atoms with Crippen molar-refractivity contribution in [3.63, 3.8) is 0 Å². The van der Waals surface area contributed by atoms with Crippen LogP contribution in [-0.4, -0.2) is 27.3 Å². The number of halogens is 2. The van der Waals surface area contributed by atoms with Gasteiger partial charge in [0.1, 0.15) is 5.15 Å². The second-order valence-electron chi connectivity index (χ2n) is 3.63. The molecule has 0 spiro atoms. The Kier molecular flexibility index (Phi) is 3.30. The number of hydrogen-bond acceptors (Lipinski definition) is 3. The molecular formula is C10H11Cl2N3O. The Bertz CT molecular complexity index is 436. The molecule has 4 nitrogen and oxygen atoms in total. The lowest BCUT2D eigenvalue weighted by atomic mass is 10.1. The van der Waals surface area contributed by atoms with Gasteiger partial charge in [-0.15, -0.1) is 0 Å². The molecule has 0 radical (unpaired) electrons. The molecule has 1 aromatic rings. The highest BCUT2D eigenvalue weighted by molar-refractivity contribution is 6.32. The first kappa shape index (κ1) is 11.6. The zero-order valence-electron chi connectivity index (χ0n) is 8.83. The quantitative estimate of drug-likeness (QED) is 0.573. The second-order valence-corrected chi connectivity index (χ2v) is 4.32. The summed E-state index contributed by atoms with van der Waals surface area (Å²) in [7, 11) is 0. The van der Waals surface area contributed by atoms with Crippen LogP contribution in [0.25, 0.3) is 0 Å². The summed E-state index contributed by atoms with van der Waals surface area (Å²) in [6.07, 6.45) is 1.18. The third-order valence-electron chi connectivity index (χ3n) is 2.64. The summed E-state index contributed by atoms with van der Waals surface area (Å²) in [5.74, 6) is 0.122. The molecule has 1 aliphatic heterocycles. The van der Waals surface area contributed by atoms with E-state index in [-0.39, 0.29) is 11.2 Å². The first-order valence-corrected chi connectivity index (χ1v) is 5.86. The molecule has 1 aromatic heterocycles. The Morgan fingerprint density at radius 1 is 1.44 bits per heavy atom. The maximum atomic E-state index is 11.6. The first-order valence-electron chi connectivity index (χ1n) is 5.10. The molecular weight excluding hydrogens is 249 g/mol. The summed E-state index contributed by atoms with van der Waals surface area (Å²) < 4.78 is 0. The van der Waals surface area contributed by atoms with Gasteiger partial charge < -0.3 is 4.90 Å². The topological polar surface area (TPSA) is 46.1 Å². The molecule has 0 aliphatic carbocycles. The second kappa shape index (κ2) is 4.55. The van der Waals surface area contributed by atoms with Gasteiger partial charge in [-0.2, -0.15) is 0 Å². The molecule has 0 bridgehead atoms. The Labute approximate surface area is 104 Å². The largest absolute Gasteiger partial charge is 0.338 e. The van der Waals surface area contributed by atoms with Crippen molar-refractivity contribution < 1.29 is 4.79 Å². The van der Waals surface area contributed by atoms with Crippen LogP contribution in [-0.2, 0) is 17.8 Å². The zero-order valence-corrected chi connectivity index (χ0v) is 10.3. The van der Waals surface area contributed by atoms with Crippen LogP contribution in [0.2, 0.25) is 10.4 Å². The minimum absolute atomic E-state index is 0.122. The van der Waals surface area contributed by atoms with E-state index < -0.39 is 0 Å². The van der Waals surface area contributed by atoms with Gasteiger partial charge in [0, 0.05) is 24.9 Å². The minimum atomic E-state index is 0.122. The zero-order chi connectivity index (χ0) is 11.7. The van der Waals surface area contributed by atoms with E-state index >= 15 is 0 Å². The van der Waals surface area contributed by atoms with Gasteiger partial charge >= 0.3 is 0 Å². The van der Waals surface area contributed by atoms with Crippen LogP contribution in [0.4, 0.5) is 0 Å². The van der Waals surface area contributed by atoms with Gasteiger partial charge in [0.05, 0.1) is 12.2 Å². The maximum absolute atomic E-state index is 11.6.